The first-order chi connectivity index (χ1) is 13.1. The molecule has 1 aliphatic heterocycles. The Morgan fingerprint density at radius 1 is 1.25 bits per heavy atom. The number of ether oxygens (including phenoxy) is 1. The van der Waals surface area contributed by atoms with Crippen LogP contribution in [-0.4, -0.2) is 73.2 Å². The van der Waals surface area contributed by atoms with Crippen molar-refractivity contribution in [3.63, 3.8) is 0 Å². The van der Waals surface area contributed by atoms with Crippen molar-refractivity contribution in [2.24, 2.45) is 0 Å². The fraction of sp³-hybridized carbons (Fsp3) is 0.650. The highest BCUT2D eigenvalue weighted by Crippen LogP contribution is 2.21. The summed E-state index contributed by atoms with van der Waals surface area (Å²) in [5.41, 5.74) is 0.833. The lowest BCUT2D eigenvalue weighted by atomic mass is 10.2. The summed E-state index contributed by atoms with van der Waals surface area (Å²) in [6, 6.07) is 8.31. The molecule has 0 aromatic heterocycles. The van der Waals surface area contributed by atoms with Gasteiger partial charge in [0.25, 0.3) is 0 Å². The van der Waals surface area contributed by atoms with Crippen LogP contribution in [0.2, 0.25) is 0 Å². The molecule has 6 nitrogen and oxygen atoms in total. The van der Waals surface area contributed by atoms with Gasteiger partial charge in [0.15, 0.2) is 14.9 Å². The first-order valence-electron chi connectivity index (χ1n) is 9.81. The third-order valence-corrected chi connectivity index (χ3v) is 7.24. The molecule has 1 saturated heterocycles. The summed E-state index contributed by atoms with van der Waals surface area (Å²) in [5, 5.41) is 3.83. The van der Waals surface area contributed by atoms with Crippen molar-refractivity contribution in [3.8, 4) is 5.75 Å². The maximum atomic E-state index is 12.0. The van der Waals surface area contributed by atoms with Crippen LogP contribution in [0.4, 0.5) is 5.69 Å². The molecule has 158 valence electrons. The summed E-state index contributed by atoms with van der Waals surface area (Å²) in [6.45, 7) is 10.2. The molecule has 28 heavy (non-hydrogen) atoms. The maximum Gasteiger partial charge on any atom is 0.173 e. The van der Waals surface area contributed by atoms with Gasteiger partial charge in [-0.1, -0.05) is 6.07 Å². The summed E-state index contributed by atoms with van der Waals surface area (Å²) in [5.74, 6) is 1.14. The number of benzene rings is 1. The highest BCUT2D eigenvalue weighted by molar-refractivity contribution is 7.91. The van der Waals surface area contributed by atoms with Crippen LogP contribution in [0.3, 0.4) is 0 Å². The van der Waals surface area contributed by atoms with Gasteiger partial charge in [-0.25, -0.2) is 8.42 Å². The van der Waals surface area contributed by atoms with Gasteiger partial charge >= 0.3 is 0 Å². The summed E-state index contributed by atoms with van der Waals surface area (Å²) in [7, 11) is -1.37. The van der Waals surface area contributed by atoms with Gasteiger partial charge in [0.1, 0.15) is 5.75 Å². The van der Waals surface area contributed by atoms with E-state index < -0.39 is 9.84 Å². The maximum absolute atomic E-state index is 12.0. The first-order valence-corrected chi connectivity index (χ1v) is 12.0. The molecule has 1 aromatic carbocycles. The zero-order valence-electron chi connectivity index (χ0n) is 17.5. The number of methoxy groups -OCH3 is 1. The zero-order chi connectivity index (χ0) is 20.9. The van der Waals surface area contributed by atoms with E-state index in [4.69, 9.17) is 17.0 Å². The van der Waals surface area contributed by atoms with Gasteiger partial charge in [-0.2, -0.15) is 0 Å². The van der Waals surface area contributed by atoms with Gasteiger partial charge in [0.2, 0.25) is 0 Å². The molecule has 1 fully saturated rings. The molecule has 2 rings (SSSR count). The summed E-state index contributed by atoms with van der Waals surface area (Å²) in [6.07, 6.45) is 0.617. The molecule has 1 aliphatic rings. The lowest BCUT2D eigenvalue weighted by Crippen LogP contribution is -2.49. The topological polar surface area (TPSA) is 61.9 Å². The SMILES string of the molecule is COc1cccc(NC(=S)N(CCN(C(C)C)C(C)C)[C@H]2CCS(=O)(=O)C2)c1. The molecule has 0 spiro atoms. The first kappa shape index (κ1) is 22.9. The molecule has 0 unspecified atom stereocenters. The van der Waals surface area contributed by atoms with Gasteiger partial charge in [0.05, 0.1) is 18.6 Å². The Bertz CT molecular complexity index is 758. The van der Waals surface area contributed by atoms with E-state index in [1.165, 1.54) is 0 Å². The van der Waals surface area contributed by atoms with Gasteiger partial charge in [-0.15, -0.1) is 0 Å². The minimum absolute atomic E-state index is 0.0863. The number of nitrogens with one attached hydrogen (secondary N) is 1. The summed E-state index contributed by atoms with van der Waals surface area (Å²) in [4.78, 5) is 4.45. The van der Waals surface area contributed by atoms with Crippen LogP contribution in [-0.2, 0) is 9.84 Å². The number of rotatable bonds is 8. The Hall–Kier alpha value is -1.38. The Balaban J connectivity index is 2.16. The molecule has 0 saturated carbocycles. The van der Waals surface area contributed by atoms with E-state index >= 15 is 0 Å². The second-order valence-electron chi connectivity index (χ2n) is 7.84. The van der Waals surface area contributed by atoms with Crippen molar-refractivity contribution >= 4 is 32.9 Å². The van der Waals surface area contributed by atoms with E-state index in [1.54, 1.807) is 7.11 Å². The fourth-order valence-corrected chi connectivity index (χ4v) is 5.79. The minimum Gasteiger partial charge on any atom is -0.497 e. The lowest BCUT2D eigenvalue weighted by molar-refractivity contribution is 0.155. The Morgan fingerprint density at radius 3 is 2.46 bits per heavy atom. The third kappa shape index (κ3) is 6.32. The second kappa shape index (κ2) is 9.89. The van der Waals surface area contributed by atoms with E-state index in [9.17, 15) is 8.42 Å². The van der Waals surface area contributed by atoms with Crippen molar-refractivity contribution in [3.05, 3.63) is 24.3 Å². The molecule has 0 radical (unpaired) electrons. The molecule has 1 aromatic rings. The number of anilines is 1. The predicted molar refractivity (Wildman–Crippen MR) is 120 cm³/mol. The zero-order valence-corrected chi connectivity index (χ0v) is 19.1. The van der Waals surface area contributed by atoms with E-state index in [0.29, 0.717) is 30.2 Å². The van der Waals surface area contributed by atoms with Crippen LogP contribution in [0.1, 0.15) is 34.1 Å². The van der Waals surface area contributed by atoms with Gasteiger partial charge < -0.3 is 15.0 Å². The number of hydrogen-bond acceptors (Lipinski definition) is 5. The number of nitrogens with zero attached hydrogens (tertiary/aromatic N) is 2. The summed E-state index contributed by atoms with van der Waals surface area (Å²) >= 11 is 5.69. The highest BCUT2D eigenvalue weighted by atomic mass is 32.2. The van der Waals surface area contributed by atoms with E-state index in [-0.39, 0.29) is 17.5 Å². The molecule has 0 amide bonds. The second-order valence-corrected chi connectivity index (χ2v) is 10.5. The smallest absolute Gasteiger partial charge is 0.173 e. The number of hydrogen-bond donors (Lipinski definition) is 1. The van der Waals surface area contributed by atoms with Gasteiger partial charge in [-0.05, 0) is 58.5 Å². The van der Waals surface area contributed by atoms with E-state index in [2.05, 4.69) is 42.8 Å². The van der Waals surface area contributed by atoms with E-state index in [0.717, 1.165) is 18.0 Å². The largest absolute Gasteiger partial charge is 0.497 e. The third-order valence-electron chi connectivity index (χ3n) is 5.16. The van der Waals surface area contributed by atoms with Crippen LogP contribution >= 0.6 is 12.2 Å². The average Bonchev–Trinajstić information content (AvgIpc) is 2.97. The summed E-state index contributed by atoms with van der Waals surface area (Å²) < 4.78 is 29.4. The standard InChI is InChI=1S/C20H33N3O3S2/c1-15(2)22(16(3)4)10-11-23(18-9-12-28(24,25)14-18)20(27)21-17-7-6-8-19(13-17)26-5/h6-8,13,15-16,18H,9-12,14H2,1-5H3,(H,21,27)/t18-/m0/s1. The number of sulfone groups is 1. The van der Waals surface area contributed by atoms with Crippen molar-refractivity contribution < 1.29 is 13.2 Å². The monoisotopic (exact) mass is 427 g/mol. The van der Waals surface area contributed by atoms with Crippen molar-refractivity contribution in [1.82, 2.24) is 9.80 Å². The van der Waals surface area contributed by atoms with Crippen LogP contribution < -0.4 is 10.1 Å². The van der Waals surface area contributed by atoms with Crippen LogP contribution in [0.5, 0.6) is 5.75 Å². The molecule has 1 N–H and O–H groups in total. The molecular weight excluding hydrogens is 394 g/mol. The Morgan fingerprint density at radius 2 is 1.93 bits per heavy atom. The Labute approximate surface area is 175 Å². The fourth-order valence-electron chi connectivity index (χ4n) is 3.70. The predicted octanol–water partition coefficient (Wildman–Crippen LogP) is 3.00. The highest BCUT2D eigenvalue weighted by Gasteiger charge is 2.33. The molecule has 1 atom stereocenters. The van der Waals surface area contributed by atoms with Crippen molar-refractivity contribution in [2.75, 3.05) is 37.0 Å². The molecular formula is C20H33N3O3S2. The molecule has 0 bridgehead atoms. The minimum atomic E-state index is -2.99. The molecule has 0 aliphatic carbocycles. The van der Waals surface area contributed by atoms with E-state index in [1.807, 2.05) is 24.3 Å². The van der Waals surface area contributed by atoms with Crippen molar-refractivity contribution in [1.29, 1.82) is 0 Å². The van der Waals surface area contributed by atoms with Crippen molar-refractivity contribution in [2.45, 2.75) is 52.2 Å². The lowest BCUT2D eigenvalue weighted by Gasteiger charge is -2.36. The number of thiocarbonyl (C=S) groups is 1. The normalized spacial score (nSPS) is 18.6. The molecule has 8 heteroatoms. The van der Waals surface area contributed by atoms with Crippen LogP contribution in [0, 0.1) is 0 Å². The van der Waals surface area contributed by atoms with Crippen LogP contribution in [0.15, 0.2) is 24.3 Å². The average molecular weight is 428 g/mol. The Kier molecular flexibility index (Phi) is 8.09. The van der Waals surface area contributed by atoms with Crippen LogP contribution in [0.25, 0.3) is 0 Å². The van der Waals surface area contributed by atoms with Gasteiger partial charge in [-0.3, -0.25) is 4.90 Å². The van der Waals surface area contributed by atoms with Gasteiger partial charge in [0, 0.05) is 43.0 Å². The molecule has 1 heterocycles. The quantitative estimate of drug-likeness (QED) is 0.640.